The van der Waals surface area contributed by atoms with Crippen molar-refractivity contribution in [3.63, 3.8) is 0 Å². The molecule has 17 heavy (non-hydrogen) atoms. The van der Waals surface area contributed by atoms with Crippen molar-refractivity contribution in [1.82, 2.24) is 0 Å². The van der Waals surface area contributed by atoms with Gasteiger partial charge in [-0.1, -0.05) is 25.1 Å². The van der Waals surface area contributed by atoms with Crippen molar-refractivity contribution in [3.05, 3.63) is 29.3 Å². The van der Waals surface area contributed by atoms with Crippen LogP contribution in [0.1, 0.15) is 37.3 Å². The summed E-state index contributed by atoms with van der Waals surface area (Å²) in [6.45, 7) is 6.42. The van der Waals surface area contributed by atoms with Crippen molar-refractivity contribution < 1.29 is 4.74 Å². The summed E-state index contributed by atoms with van der Waals surface area (Å²) in [5.74, 6) is 0. The molecule has 2 aliphatic rings. The number of fused-ring (bicyclic) bond motifs is 2. The number of ether oxygens (including phenoxy) is 1. The van der Waals surface area contributed by atoms with E-state index in [1.165, 1.54) is 23.2 Å². The normalized spacial score (nSPS) is 31.3. The number of nitrogens with one attached hydrogen (secondary N) is 1. The number of hydrogen-bond donors (Lipinski definition) is 1. The minimum Gasteiger partial charge on any atom is -0.384 e. The predicted molar refractivity (Wildman–Crippen MR) is 70.6 cm³/mol. The monoisotopic (exact) mass is 231 g/mol. The highest BCUT2D eigenvalue weighted by molar-refractivity contribution is 5.65. The van der Waals surface area contributed by atoms with Crippen LogP contribution >= 0.6 is 0 Å². The van der Waals surface area contributed by atoms with Crippen molar-refractivity contribution in [3.8, 4) is 0 Å². The summed E-state index contributed by atoms with van der Waals surface area (Å²) >= 11 is 0. The van der Waals surface area contributed by atoms with Crippen molar-refractivity contribution in [2.24, 2.45) is 0 Å². The SMILES string of the molecule is CCC1CC2(CCO1)CNc1c(C)cccc12. The van der Waals surface area contributed by atoms with Gasteiger partial charge in [-0.05, 0) is 37.3 Å². The molecule has 1 spiro atoms. The Morgan fingerprint density at radius 1 is 1.47 bits per heavy atom. The summed E-state index contributed by atoms with van der Waals surface area (Å²) in [5.41, 5.74) is 4.61. The maximum atomic E-state index is 5.83. The van der Waals surface area contributed by atoms with Gasteiger partial charge in [0, 0.05) is 24.3 Å². The highest BCUT2D eigenvalue weighted by atomic mass is 16.5. The van der Waals surface area contributed by atoms with Crippen LogP contribution in [0.25, 0.3) is 0 Å². The van der Waals surface area contributed by atoms with E-state index in [1.54, 1.807) is 0 Å². The van der Waals surface area contributed by atoms with E-state index in [0.717, 1.165) is 26.0 Å². The quantitative estimate of drug-likeness (QED) is 0.801. The predicted octanol–water partition coefficient (Wildman–Crippen LogP) is 3.25. The van der Waals surface area contributed by atoms with Gasteiger partial charge in [0.15, 0.2) is 0 Å². The van der Waals surface area contributed by atoms with Crippen LogP contribution in [0.2, 0.25) is 0 Å². The topological polar surface area (TPSA) is 21.3 Å². The van der Waals surface area contributed by atoms with E-state index < -0.39 is 0 Å². The van der Waals surface area contributed by atoms with E-state index in [9.17, 15) is 0 Å². The second kappa shape index (κ2) is 4.02. The van der Waals surface area contributed by atoms with Gasteiger partial charge in [-0.3, -0.25) is 0 Å². The Balaban J connectivity index is 1.99. The molecule has 2 aliphatic heterocycles. The number of hydrogen-bond acceptors (Lipinski definition) is 2. The molecule has 1 saturated heterocycles. The lowest BCUT2D eigenvalue weighted by molar-refractivity contribution is -0.0179. The van der Waals surface area contributed by atoms with Crippen LogP contribution in [0, 0.1) is 6.92 Å². The van der Waals surface area contributed by atoms with E-state index >= 15 is 0 Å². The average Bonchev–Trinajstić information content (AvgIpc) is 2.70. The number of para-hydroxylation sites is 1. The second-order valence-corrected chi connectivity index (χ2v) is 5.49. The standard InChI is InChI=1S/C15H21NO/c1-3-12-9-15(7-8-17-12)10-16-14-11(2)5-4-6-13(14)15/h4-6,12,16H,3,7-10H2,1-2H3. The van der Waals surface area contributed by atoms with Gasteiger partial charge in [0.05, 0.1) is 6.10 Å². The van der Waals surface area contributed by atoms with Crippen LogP contribution in [0.4, 0.5) is 5.69 Å². The Bertz CT molecular complexity index is 429. The van der Waals surface area contributed by atoms with Crippen molar-refractivity contribution in [1.29, 1.82) is 0 Å². The zero-order valence-corrected chi connectivity index (χ0v) is 10.8. The molecule has 2 atom stereocenters. The molecule has 92 valence electrons. The summed E-state index contributed by atoms with van der Waals surface area (Å²) in [5, 5.41) is 3.62. The van der Waals surface area contributed by atoms with Crippen LogP contribution in [0.15, 0.2) is 18.2 Å². The van der Waals surface area contributed by atoms with E-state index in [-0.39, 0.29) is 0 Å². The Kier molecular flexibility index (Phi) is 2.62. The van der Waals surface area contributed by atoms with Gasteiger partial charge in [0.1, 0.15) is 0 Å². The van der Waals surface area contributed by atoms with Gasteiger partial charge in [-0.15, -0.1) is 0 Å². The molecule has 0 amide bonds. The van der Waals surface area contributed by atoms with E-state index in [4.69, 9.17) is 4.74 Å². The molecular formula is C15H21NO. The fourth-order valence-electron chi connectivity index (χ4n) is 3.38. The molecular weight excluding hydrogens is 210 g/mol. The maximum absolute atomic E-state index is 5.83. The van der Waals surface area contributed by atoms with Crippen molar-refractivity contribution in [2.75, 3.05) is 18.5 Å². The lowest BCUT2D eigenvalue weighted by Crippen LogP contribution is -2.40. The van der Waals surface area contributed by atoms with Crippen LogP contribution in [-0.2, 0) is 10.2 Å². The first-order valence-corrected chi connectivity index (χ1v) is 6.71. The van der Waals surface area contributed by atoms with Gasteiger partial charge < -0.3 is 10.1 Å². The largest absolute Gasteiger partial charge is 0.384 e. The molecule has 1 aromatic rings. The number of anilines is 1. The summed E-state index contributed by atoms with van der Waals surface area (Å²) in [4.78, 5) is 0. The van der Waals surface area contributed by atoms with Crippen LogP contribution < -0.4 is 5.32 Å². The van der Waals surface area contributed by atoms with Gasteiger partial charge in [0.2, 0.25) is 0 Å². The summed E-state index contributed by atoms with van der Waals surface area (Å²) in [6.07, 6.45) is 3.90. The molecule has 3 rings (SSSR count). The average molecular weight is 231 g/mol. The molecule has 0 aliphatic carbocycles. The number of benzene rings is 1. The highest BCUT2D eigenvalue weighted by Gasteiger charge is 2.43. The lowest BCUT2D eigenvalue weighted by Gasteiger charge is -2.38. The van der Waals surface area contributed by atoms with Gasteiger partial charge in [-0.25, -0.2) is 0 Å². The van der Waals surface area contributed by atoms with Crippen LogP contribution in [0.5, 0.6) is 0 Å². The molecule has 0 aromatic heterocycles. The summed E-state index contributed by atoms with van der Waals surface area (Å²) in [7, 11) is 0. The van der Waals surface area contributed by atoms with E-state index in [1.807, 2.05) is 0 Å². The van der Waals surface area contributed by atoms with Gasteiger partial charge >= 0.3 is 0 Å². The number of rotatable bonds is 1. The third-order valence-corrected chi connectivity index (χ3v) is 4.46. The number of aryl methyl sites for hydroxylation is 1. The fourth-order valence-corrected chi connectivity index (χ4v) is 3.38. The van der Waals surface area contributed by atoms with Gasteiger partial charge in [-0.2, -0.15) is 0 Å². The lowest BCUT2D eigenvalue weighted by atomic mass is 9.73. The Morgan fingerprint density at radius 2 is 2.35 bits per heavy atom. The van der Waals surface area contributed by atoms with Crippen molar-refractivity contribution >= 4 is 5.69 Å². The maximum Gasteiger partial charge on any atom is 0.0581 e. The van der Waals surface area contributed by atoms with Gasteiger partial charge in [0.25, 0.3) is 0 Å². The van der Waals surface area contributed by atoms with Crippen LogP contribution in [-0.4, -0.2) is 19.3 Å². The van der Waals surface area contributed by atoms with Crippen LogP contribution in [0.3, 0.4) is 0 Å². The first-order chi connectivity index (χ1) is 8.25. The third kappa shape index (κ3) is 1.66. The fraction of sp³-hybridized carbons (Fsp3) is 0.600. The third-order valence-electron chi connectivity index (χ3n) is 4.46. The molecule has 0 bridgehead atoms. The molecule has 2 heteroatoms. The molecule has 1 N–H and O–H groups in total. The molecule has 2 nitrogen and oxygen atoms in total. The first-order valence-electron chi connectivity index (χ1n) is 6.71. The molecule has 2 heterocycles. The minimum absolute atomic E-state index is 0.334. The summed E-state index contributed by atoms with van der Waals surface area (Å²) in [6, 6.07) is 6.70. The molecule has 2 unspecified atom stereocenters. The Hall–Kier alpha value is -1.02. The molecule has 1 fully saturated rings. The Labute approximate surface area is 103 Å². The van der Waals surface area contributed by atoms with Crippen molar-refractivity contribution in [2.45, 2.75) is 44.6 Å². The zero-order valence-electron chi connectivity index (χ0n) is 10.8. The van der Waals surface area contributed by atoms with E-state index in [0.29, 0.717) is 11.5 Å². The highest BCUT2D eigenvalue weighted by Crippen LogP contribution is 2.46. The Morgan fingerprint density at radius 3 is 3.18 bits per heavy atom. The molecule has 0 saturated carbocycles. The minimum atomic E-state index is 0.334. The summed E-state index contributed by atoms with van der Waals surface area (Å²) < 4.78 is 5.83. The molecule has 1 aromatic carbocycles. The molecule has 0 radical (unpaired) electrons. The first kappa shape index (κ1) is 11.1. The van der Waals surface area contributed by atoms with E-state index in [2.05, 4.69) is 37.4 Å². The smallest absolute Gasteiger partial charge is 0.0581 e. The zero-order chi connectivity index (χ0) is 11.9. The second-order valence-electron chi connectivity index (χ2n) is 5.49.